The lowest BCUT2D eigenvalue weighted by molar-refractivity contribution is 0.411. The summed E-state index contributed by atoms with van der Waals surface area (Å²) >= 11 is 0. The standard InChI is InChI=1S/C17H23NSi/c1-19(2,3)15-11-17-9-5-4-8-16(17)10-14-18-12-6-7-13-18/h4-6,8-9,12H,7,10,13-14H2,1-3H3. The summed E-state index contributed by atoms with van der Waals surface area (Å²) in [7, 11) is -1.29. The lowest BCUT2D eigenvalue weighted by atomic mass is 10.1. The zero-order valence-corrected chi connectivity index (χ0v) is 13.2. The molecular formula is C17H23NSi. The normalized spacial score (nSPS) is 14.4. The lowest BCUT2D eigenvalue weighted by Crippen LogP contribution is -2.18. The highest BCUT2D eigenvalue weighted by Crippen LogP contribution is 2.12. The monoisotopic (exact) mass is 269 g/mol. The molecule has 2 rings (SSSR count). The first-order valence-corrected chi connectivity index (χ1v) is 10.6. The average molecular weight is 269 g/mol. The van der Waals surface area contributed by atoms with Gasteiger partial charge in [0.1, 0.15) is 8.07 Å². The van der Waals surface area contributed by atoms with Crippen LogP contribution < -0.4 is 0 Å². The summed E-state index contributed by atoms with van der Waals surface area (Å²) in [5.74, 6) is 3.40. The van der Waals surface area contributed by atoms with Crippen LogP contribution in [0.1, 0.15) is 17.5 Å². The molecule has 0 amide bonds. The Morgan fingerprint density at radius 1 is 1.21 bits per heavy atom. The third-order valence-corrected chi connectivity index (χ3v) is 4.03. The highest BCUT2D eigenvalue weighted by Gasteiger charge is 2.09. The van der Waals surface area contributed by atoms with Gasteiger partial charge in [-0.2, -0.15) is 0 Å². The first-order chi connectivity index (χ1) is 9.04. The summed E-state index contributed by atoms with van der Waals surface area (Å²) in [5.41, 5.74) is 6.07. The van der Waals surface area contributed by atoms with E-state index in [0.717, 1.165) is 13.0 Å². The van der Waals surface area contributed by atoms with Gasteiger partial charge in [-0.1, -0.05) is 49.8 Å². The first-order valence-electron chi connectivity index (χ1n) is 7.06. The van der Waals surface area contributed by atoms with E-state index in [4.69, 9.17) is 0 Å². The molecule has 19 heavy (non-hydrogen) atoms. The van der Waals surface area contributed by atoms with Crippen LogP contribution in [0.5, 0.6) is 0 Å². The van der Waals surface area contributed by atoms with Gasteiger partial charge in [0.2, 0.25) is 0 Å². The van der Waals surface area contributed by atoms with Crippen molar-refractivity contribution in [2.24, 2.45) is 0 Å². The lowest BCUT2D eigenvalue weighted by Gasteiger charge is -2.15. The van der Waals surface area contributed by atoms with Crippen molar-refractivity contribution in [1.82, 2.24) is 4.90 Å². The van der Waals surface area contributed by atoms with Gasteiger partial charge in [0.15, 0.2) is 0 Å². The van der Waals surface area contributed by atoms with Crippen molar-refractivity contribution in [3.63, 3.8) is 0 Å². The zero-order valence-electron chi connectivity index (χ0n) is 12.2. The van der Waals surface area contributed by atoms with Crippen molar-refractivity contribution in [3.05, 3.63) is 47.7 Å². The molecule has 0 radical (unpaired) electrons. The maximum atomic E-state index is 3.47. The minimum absolute atomic E-state index is 1.08. The van der Waals surface area contributed by atoms with Crippen LogP contribution in [0.4, 0.5) is 0 Å². The van der Waals surface area contributed by atoms with E-state index in [9.17, 15) is 0 Å². The number of nitrogens with zero attached hydrogens (tertiary/aromatic N) is 1. The Labute approximate surface area is 118 Å². The molecule has 0 N–H and O–H groups in total. The third-order valence-electron chi connectivity index (χ3n) is 3.16. The molecule has 0 saturated carbocycles. The predicted molar refractivity (Wildman–Crippen MR) is 85.7 cm³/mol. The summed E-state index contributed by atoms with van der Waals surface area (Å²) < 4.78 is 0. The van der Waals surface area contributed by atoms with Gasteiger partial charge in [0.25, 0.3) is 0 Å². The Morgan fingerprint density at radius 3 is 2.68 bits per heavy atom. The number of benzene rings is 1. The molecule has 100 valence electrons. The zero-order chi connectivity index (χ0) is 13.7. The van der Waals surface area contributed by atoms with Gasteiger partial charge < -0.3 is 4.90 Å². The van der Waals surface area contributed by atoms with E-state index in [-0.39, 0.29) is 0 Å². The molecule has 1 aromatic carbocycles. The second-order valence-electron chi connectivity index (χ2n) is 6.12. The molecular weight excluding hydrogens is 246 g/mol. The summed E-state index contributed by atoms with van der Waals surface area (Å²) in [6, 6.07) is 8.58. The van der Waals surface area contributed by atoms with Crippen molar-refractivity contribution < 1.29 is 0 Å². The smallest absolute Gasteiger partial charge is 0.129 e. The second-order valence-corrected chi connectivity index (χ2v) is 10.9. The fourth-order valence-electron chi connectivity index (χ4n) is 2.10. The molecule has 0 spiro atoms. The van der Waals surface area contributed by atoms with E-state index >= 15 is 0 Å². The number of hydrogen-bond acceptors (Lipinski definition) is 1. The fraction of sp³-hybridized carbons (Fsp3) is 0.412. The van der Waals surface area contributed by atoms with Crippen LogP contribution in [0.25, 0.3) is 0 Å². The topological polar surface area (TPSA) is 3.24 Å². The summed E-state index contributed by atoms with van der Waals surface area (Å²) in [6.07, 6.45) is 6.74. The Morgan fingerprint density at radius 2 is 2.00 bits per heavy atom. The molecule has 0 fully saturated rings. The molecule has 0 aromatic heterocycles. The molecule has 0 saturated heterocycles. The van der Waals surface area contributed by atoms with Gasteiger partial charge in [0, 0.05) is 18.7 Å². The summed E-state index contributed by atoms with van der Waals surface area (Å²) in [4.78, 5) is 2.39. The molecule has 1 aromatic rings. The van der Waals surface area contributed by atoms with Crippen LogP contribution in [0.15, 0.2) is 36.5 Å². The van der Waals surface area contributed by atoms with Gasteiger partial charge in [-0.05, 0) is 30.7 Å². The molecule has 1 aliphatic heterocycles. The minimum Gasteiger partial charge on any atom is -0.377 e. The van der Waals surface area contributed by atoms with Gasteiger partial charge in [0.05, 0.1) is 0 Å². The van der Waals surface area contributed by atoms with Crippen molar-refractivity contribution in [1.29, 1.82) is 0 Å². The molecule has 1 nitrogen and oxygen atoms in total. The van der Waals surface area contributed by atoms with Gasteiger partial charge >= 0.3 is 0 Å². The Bertz CT molecular complexity index is 514. The van der Waals surface area contributed by atoms with Crippen LogP contribution in [-0.4, -0.2) is 26.1 Å². The molecule has 0 bridgehead atoms. The maximum absolute atomic E-state index is 3.47. The largest absolute Gasteiger partial charge is 0.377 e. The number of hydrogen-bond donors (Lipinski definition) is 0. The van der Waals surface area contributed by atoms with E-state index in [1.165, 1.54) is 24.1 Å². The molecule has 2 heteroatoms. The highest BCUT2D eigenvalue weighted by molar-refractivity contribution is 6.83. The molecule has 1 heterocycles. The summed E-state index contributed by atoms with van der Waals surface area (Å²) in [6.45, 7) is 9.14. The Balaban J connectivity index is 2.07. The highest BCUT2D eigenvalue weighted by atomic mass is 28.3. The second kappa shape index (κ2) is 6.12. The van der Waals surface area contributed by atoms with Crippen molar-refractivity contribution in [2.75, 3.05) is 13.1 Å². The fourth-order valence-corrected chi connectivity index (χ4v) is 2.61. The molecule has 0 atom stereocenters. The summed E-state index contributed by atoms with van der Waals surface area (Å²) in [5, 5.41) is 0. The van der Waals surface area contributed by atoms with Gasteiger partial charge in [-0.25, -0.2) is 0 Å². The van der Waals surface area contributed by atoms with Gasteiger partial charge in [-0.3, -0.25) is 0 Å². The Kier molecular flexibility index (Phi) is 4.50. The van der Waals surface area contributed by atoms with E-state index in [0.29, 0.717) is 0 Å². The van der Waals surface area contributed by atoms with Crippen LogP contribution in [0, 0.1) is 11.5 Å². The molecule has 1 aliphatic rings. The van der Waals surface area contributed by atoms with E-state index in [1.807, 2.05) is 0 Å². The third kappa shape index (κ3) is 4.61. The van der Waals surface area contributed by atoms with Crippen molar-refractivity contribution in [2.45, 2.75) is 32.5 Å². The molecule has 0 unspecified atom stereocenters. The van der Waals surface area contributed by atoms with E-state index in [1.54, 1.807) is 0 Å². The van der Waals surface area contributed by atoms with Crippen molar-refractivity contribution >= 4 is 8.07 Å². The number of rotatable bonds is 3. The van der Waals surface area contributed by atoms with Crippen molar-refractivity contribution in [3.8, 4) is 11.5 Å². The van der Waals surface area contributed by atoms with Crippen LogP contribution in [-0.2, 0) is 6.42 Å². The predicted octanol–water partition coefficient (Wildman–Crippen LogP) is 3.68. The van der Waals surface area contributed by atoms with Crippen LogP contribution >= 0.6 is 0 Å². The minimum atomic E-state index is -1.29. The maximum Gasteiger partial charge on any atom is 0.129 e. The molecule has 0 aliphatic carbocycles. The van der Waals surface area contributed by atoms with E-state index in [2.05, 4.69) is 72.5 Å². The quantitative estimate of drug-likeness (QED) is 0.598. The van der Waals surface area contributed by atoms with E-state index < -0.39 is 8.07 Å². The first kappa shape index (κ1) is 14.0. The van der Waals surface area contributed by atoms with Crippen LogP contribution in [0.2, 0.25) is 19.6 Å². The SMILES string of the molecule is C[Si](C)(C)C#Cc1ccccc1CCN1C=CCC1. The average Bonchev–Trinajstić information content (AvgIpc) is 2.87. The van der Waals surface area contributed by atoms with Crippen LogP contribution in [0.3, 0.4) is 0 Å². The Hall–Kier alpha value is -1.46. The van der Waals surface area contributed by atoms with Gasteiger partial charge in [-0.15, -0.1) is 5.54 Å².